The first-order valence-corrected chi connectivity index (χ1v) is 18.5. The lowest BCUT2D eigenvalue weighted by molar-refractivity contribution is -0.138. The van der Waals surface area contributed by atoms with Crippen LogP contribution in [0.25, 0.3) is 22.5 Å². The van der Waals surface area contributed by atoms with Crippen LogP contribution >= 0.6 is 0 Å². The van der Waals surface area contributed by atoms with Crippen LogP contribution in [0.2, 0.25) is 0 Å². The van der Waals surface area contributed by atoms with Crippen LogP contribution in [0.3, 0.4) is 0 Å². The van der Waals surface area contributed by atoms with Crippen molar-refractivity contribution in [2.24, 2.45) is 11.8 Å². The van der Waals surface area contributed by atoms with E-state index >= 15 is 0 Å². The number of hydrogen-bond acceptors (Lipinski definition) is 10. The molecule has 302 valence electrons. The van der Waals surface area contributed by atoms with Crippen molar-refractivity contribution in [1.29, 1.82) is 0 Å². The van der Waals surface area contributed by atoms with Gasteiger partial charge in [-0.1, -0.05) is 0 Å². The van der Waals surface area contributed by atoms with E-state index in [1.807, 2.05) is 13.8 Å². The van der Waals surface area contributed by atoms with Gasteiger partial charge in [0.15, 0.2) is 0 Å². The summed E-state index contributed by atoms with van der Waals surface area (Å²) >= 11 is 0. The Bertz CT molecular complexity index is 2060. The second-order valence-electron chi connectivity index (χ2n) is 14.9. The van der Waals surface area contributed by atoms with Crippen LogP contribution in [0, 0.1) is 32.6 Å². The first-order chi connectivity index (χ1) is 26.4. The van der Waals surface area contributed by atoms with Crippen LogP contribution in [-0.2, 0) is 21.8 Å². The number of hydrogen-bond donors (Lipinski definition) is 2. The molecule has 2 saturated heterocycles. The number of phenolic OH excluding ortho intramolecular Hbond substituents is 2. The van der Waals surface area contributed by atoms with E-state index in [1.54, 1.807) is 21.1 Å². The minimum atomic E-state index is -4.66. The molecular weight excluding hydrogens is 742 g/mol. The number of phenols is 2. The lowest BCUT2D eigenvalue weighted by Crippen LogP contribution is -2.40. The Morgan fingerprint density at radius 1 is 0.661 bits per heavy atom. The zero-order valence-electron chi connectivity index (χ0n) is 32.1. The summed E-state index contributed by atoms with van der Waals surface area (Å²) < 4.78 is 92.9. The molecule has 4 heterocycles. The van der Waals surface area contributed by atoms with Crippen molar-refractivity contribution >= 4 is 5.69 Å². The summed E-state index contributed by atoms with van der Waals surface area (Å²) in [5.74, 6) is -1.21. The predicted octanol–water partition coefficient (Wildman–Crippen LogP) is 8.61. The van der Waals surface area contributed by atoms with Gasteiger partial charge in [0, 0.05) is 62.4 Å². The van der Waals surface area contributed by atoms with Gasteiger partial charge in [-0.3, -0.25) is 0 Å². The fourth-order valence-corrected chi connectivity index (χ4v) is 8.30. The molecule has 2 aliphatic heterocycles. The molecule has 2 aromatic heterocycles. The number of aromatic hydroxyl groups is 2. The molecule has 4 aromatic rings. The topological polar surface area (TPSA) is 117 Å². The normalized spacial score (nSPS) is 19.6. The van der Waals surface area contributed by atoms with Crippen molar-refractivity contribution < 1.29 is 46.0 Å². The summed E-state index contributed by atoms with van der Waals surface area (Å²) in [6.07, 6.45) is -6.96. The Hall–Kier alpha value is -4.54. The van der Waals surface area contributed by atoms with Gasteiger partial charge in [0.2, 0.25) is 0 Å². The zero-order valence-corrected chi connectivity index (χ0v) is 32.1. The van der Waals surface area contributed by atoms with E-state index in [9.17, 15) is 36.6 Å². The Morgan fingerprint density at radius 2 is 1.14 bits per heavy atom. The number of anilines is 1. The second kappa shape index (κ2) is 16.1. The fourth-order valence-electron chi connectivity index (χ4n) is 8.30. The molecule has 4 atom stereocenters. The largest absolute Gasteiger partial charge is 0.507 e. The van der Waals surface area contributed by atoms with Crippen LogP contribution in [0.1, 0.15) is 77.1 Å². The van der Waals surface area contributed by atoms with Crippen molar-refractivity contribution in [1.82, 2.24) is 25.3 Å². The van der Waals surface area contributed by atoms with Crippen molar-refractivity contribution in [2.45, 2.75) is 71.0 Å². The molecule has 56 heavy (non-hydrogen) atoms. The number of benzene rings is 2. The van der Waals surface area contributed by atoms with E-state index < -0.39 is 47.2 Å². The highest BCUT2D eigenvalue weighted by atomic mass is 19.4. The highest BCUT2D eigenvalue weighted by Gasteiger charge is 2.38. The number of likely N-dealkylation sites (tertiary alicyclic amines) is 1. The van der Waals surface area contributed by atoms with Gasteiger partial charge in [0.05, 0.1) is 33.9 Å². The van der Waals surface area contributed by atoms with E-state index in [2.05, 4.69) is 37.2 Å². The maximum Gasteiger partial charge on any atom is 0.416 e. The molecular formula is C40H46F6N6O4. The molecule has 0 amide bonds. The van der Waals surface area contributed by atoms with Gasteiger partial charge in [-0.15, -0.1) is 10.2 Å². The summed E-state index contributed by atoms with van der Waals surface area (Å²) in [5, 5.41) is 39.7. The zero-order chi connectivity index (χ0) is 40.7. The number of nitrogens with zero attached hydrogens (tertiary/aromatic N) is 6. The second-order valence-corrected chi connectivity index (χ2v) is 14.9. The third-order valence-corrected chi connectivity index (χ3v) is 11.3. The molecule has 6 rings (SSSR count). The van der Waals surface area contributed by atoms with Crippen LogP contribution in [0.5, 0.6) is 11.5 Å². The molecule has 0 radical (unpaired) electrons. The van der Waals surface area contributed by atoms with Crippen molar-refractivity contribution in [2.75, 3.05) is 52.3 Å². The Kier molecular flexibility index (Phi) is 11.8. The molecule has 0 saturated carbocycles. The first-order valence-electron chi connectivity index (χ1n) is 18.5. The molecule has 0 spiro atoms. The summed E-state index contributed by atoms with van der Waals surface area (Å²) in [6.45, 7) is 8.19. The Morgan fingerprint density at radius 3 is 1.64 bits per heavy atom. The van der Waals surface area contributed by atoms with Crippen LogP contribution in [-0.4, -0.2) is 83.0 Å². The van der Waals surface area contributed by atoms with E-state index in [0.29, 0.717) is 59.8 Å². The maximum atomic E-state index is 13.6. The fraction of sp³-hybridized carbons (Fsp3) is 0.500. The molecule has 4 unspecified atom stereocenters. The SMILES string of the molecule is COC(c1nnc(-c2ccc(C(F)(F)F)cc2O)c(C)c1C)C1CCCN(c2c(-c3ccc(C(F)(F)F)cc3O)nnc(C(OC)C3CCCN(C)C3)c2C)C1. The number of methoxy groups -OCH3 is 2. The number of alkyl halides is 6. The van der Waals surface area contributed by atoms with Gasteiger partial charge in [-0.2, -0.15) is 36.5 Å². The standard InChI is InChI=1S/C40H46F6N6O4/c1-21-22(2)33(48-47-32(21)28-13-11-26(17-30(28)53)39(41,42)43)38(56-6)25-10-8-16-52(20-25)36-23(3)34(37(55-5)24-9-7-15-51(4)19-24)49-50-35(36)29-14-12-27(18-31(29)54)40(44,45)46/h11-14,17-18,24-25,37-38,53-54H,7-10,15-16,19-20H2,1-6H3. The summed E-state index contributed by atoms with van der Waals surface area (Å²) in [6, 6.07) is 5.54. The molecule has 0 bridgehead atoms. The number of ether oxygens (including phenoxy) is 2. The van der Waals surface area contributed by atoms with Crippen LogP contribution in [0.4, 0.5) is 32.0 Å². The van der Waals surface area contributed by atoms with Crippen molar-refractivity contribution in [3.8, 4) is 34.0 Å². The third kappa shape index (κ3) is 8.14. The van der Waals surface area contributed by atoms with Gasteiger partial charge in [0.1, 0.15) is 29.4 Å². The molecule has 10 nitrogen and oxygen atoms in total. The Balaban J connectivity index is 1.39. The van der Waals surface area contributed by atoms with Gasteiger partial charge >= 0.3 is 12.4 Å². The lowest BCUT2D eigenvalue weighted by Gasteiger charge is -2.40. The highest BCUT2D eigenvalue weighted by Crippen LogP contribution is 2.45. The van der Waals surface area contributed by atoms with Crippen molar-refractivity contribution in [3.05, 3.63) is 75.6 Å². The number of rotatable bonds is 9. The average molecular weight is 789 g/mol. The molecule has 2 fully saturated rings. The number of piperidine rings is 2. The number of aromatic nitrogens is 4. The van der Waals surface area contributed by atoms with Gasteiger partial charge in [0.25, 0.3) is 0 Å². The summed E-state index contributed by atoms with van der Waals surface area (Å²) in [5.41, 5.74) is 2.50. The maximum absolute atomic E-state index is 13.6. The average Bonchev–Trinajstić information content (AvgIpc) is 3.14. The lowest BCUT2D eigenvalue weighted by atomic mass is 9.86. The number of halogens is 6. The first kappa shape index (κ1) is 41.1. The molecule has 2 N–H and O–H groups in total. The minimum Gasteiger partial charge on any atom is -0.507 e. The monoisotopic (exact) mass is 788 g/mol. The summed E-state index contributed by atoms with van der Waals surface area (Å²) in [7, 11) is 5.24. The summed E-state index contributed by atoms with van der Waals surface area (Å²) in [4.78, 5) is 4.34. The van der Waals surface area contributed by atoms with E-state index in [-0.39, 0.29) is 34.4 Å². The van der Waals surface area contributed by atoms with E-state index in [4.69, 9.17) is 9.47 Å². The predicted molar refractivity (Wildman–Crippen MR) is 197 cm³/mol. The minimum absolute atomic E-state index is 0.103. The quantitative estimate of drug-likeness (QED) is 0.160. The van der Waals surface area contributed by atoms with Gasteiger partial charge in [-0.25, -0.2) is 0 Å². The Labute approximate surface area is 321 Å². The highest BCUT2D eigenvalue weighted by molar-refractivity contribution is 5.81. The van der Waals surface area contributed by atoms with Gasteiger partial charge < -0.3 is 29.5 Å². The van der Waals surface area contributed by atoms with Crippen molar-refractivity contribution in [3.63, 3.8) is 0 Å². The van der Waals surface area contributed by atoms with Crippen LogP contribution < -0.4 is 4.90 Å². The molecule has 16 heteroatoms. The molecule has 2 aliphatic rings. The molecule has 2 aromatic carbocycles. The smallest absolute Gasteiger partial charge is 0.416 e. The van der Waals surface area contributed by atoms with Crippen LogP contribution in [0.15, 0.2) is 36.4 Å². The third-order valence-electron chi connectivity index (χ3n) is 11.3. The van der Waals surface area contributed by atoms with E-state index in [1.165, 1.54) is 12.1 Å². The molecule has 0 aliphatic carbocycles. The van der Waals surface area contributed by atoms with E-state index in [0.717, 1.165) is 50.0 Å². The van der Waals surface area contributed by atoms with Gasteiger partial charge in [-0.05, 0) is 108 Å².